The van der Waals surface area contributed by atoms with E-state index in [1.807, 2.05) is 48.5 Å². The maximum Gasteiger partial charge on any atom is 0.146 e. The first-order valence-corrected chi connectivity index (χ1v) is 9.90. The molecule has 0 heterocycles. The molecule has 0 saturated carbocycles. The molecule has 0 unspecified atom stereocenters. The molecule has 0 N–H and O–H groups in total. The first-order chi connectivity index (χ1) is 12.1. The van der Waals surface area contributed by atoms with Gasteiger partial charge in [-0.05, 0) is 55.0 Å². The van der Waals surface area contributed by atoms with Crippen molar-refractivity contribution in [1.29, 1.82) is 0 Å². The fraction of sp³-hybridized carbons (Fsp3) is 0.350. The lowest BCUT2D eigenvalue weighted by atomic mass is 10.2. The van der Waals surface area contributed by atoms with Crippen molar-refractivity contribution < 1.29 is 14.3 Å². The second kappa shape index (κ2) is 9.78. The number of methoxy groups -OCH3 is 2. The van der Waals surface area contributed by atoms with Gasteiger partial charge in [-0.25, -0.2) is 0 Å². The van der Waals surface area contributed by atoms with Crippen LogP contribution >= 0.6 is 23.5 Å². The second-order valence-corrected chi connectivity index (χ2v) is 8.65. The average Bonchev–Trinajstić information content (AvgIpc) is 2.67. The highest BCUT2D eigenvalue weighted by Crippen LogP contribution is 2.47. The number of hydrogen-bond donors (Lipinski definition) is 0. The number of rotatable bonds is 10. The molecular weight excluding hydrogens is 352 g/mol. The van der Waals surface area contributed by atoms with Crippen molar-refractivity contribution in [3.8, 4) is 11.5 Å². The standard InChI is InChI=1S/C20H24O3S2/c1-4-5-14-20(15-21,24-18-10-6-16(22-2)7-11-18)25-19-12-8-17(23-3)9-13-19/h6-13,15H,4-5,14H2,1-3H3. The van der Waals surface area contributed by atoms with Crippen LogP contribution in [0.2, 0.25) is 0 Å². The van der Waals surface area contributed by atoms with Crippen LogP contribution < -0.4 is 9.47 Å². The number of unbranched alkanes of at least 4 members (excludes halogenated alkanes) is 1. The van der Waals surface area contributed by atoms with Crippen molar-refractivity contribution in [1.82, 2.24) is 0 Å². The normalized spacial score (nSPS) is 11.2. The zero-order valence-corrected chi connectivity index (χ0v) is 16.5. The number of thioether (sulfide) groups is 2. The Balaban J connectivity index is 2.22. The molecule has 2 rings (SSSR count). The minimum atomic E-state index is -0.542. The van der Waals surface area contributed by atoms with Crippen molar-refractivity contribution >= 4 is 29.8 Å². The largest absolute Gasteiger partial charge is 0.497 e. The molecule has 0 aliphatic heterocycles. The summed E-state index contributed by atoms with van der Waals surface area (Å²) in [6, 6.07) is 15.7. The third-order valence-electron chi connectivity index (χ3n) is 3.76. The molecular formula is C20H24O3S2. The van der Waals surface area contributed by atoms with Crippen LogP contribution in [0.15, 0.2) is 58.3 Å². The number of benzene rings is 2. The summed E-state index contributed by atoms with van der Waals surface area (Å²) in [6.45, 7) is 2.14. The van der Waals surface area contributed by atoms with E-state index in [0.717, 1.165) is 46.8 Å². The SMILES string of the molecule is CCCCC(C=O)(Sc1ccc(OC)cc1)Sc1ccc(OC)cc1. The lowest BCUT2D eigenvalue weighted by Gasteiger charge is -2.27. The van der Waals surface area contributed by atoms with Gasteiger partial charge in [-0.2, -0.15) is 0 Å². The number of carbonyl (C=O) groups excluding carboxylic acids is 1. The summed E-state index contributed by atoms with van der Waals surface area (Å²) < 4.78 is 9.88. The summed E-state index contributed by atoms with van der Waals surface area (Å²) in [6.07, 6.45) is 3.97. The minimum Gasteiger partial charge on any atom is -0.497 e. The number of hydrogen-bond acceptors (Lipinski definition) is 5. The number of carbonyl (C=O) groups is 1. The van der Waals surface area contributed by atoms with Gasteiger partial charge < -0.3 is 14.3 Å². The van der Waals surface area contributed by atoms with Crippen molar-refractivity contribution in [2.75, 3.05) is 14.2 Å². The summed E-state index contributed by atoms with van der Waals surface area (Å²) in [5.74, 6) is 1.63. The van der Waals surface area contributed by atoms with Crippen LogP contribution in [0, 0.1) is 0 Å². The third kappa shape index (κ3) is 5.72. The minimum absolute atomic E-state index is 0.542. The van der Waals surface area contributed by atoms with Crippen molar-refractivity contribution in [3.63, 3.8) is 0 Å². The third-order valence-corrected chi connectivity index (χ3v) is 6.57. The zero-order valence-electron chi connectivity index (χ0n) is 14.9. The van der Waals surface area contributed by atoms with Gasteiger partial charge in [-0.1, -0.05) is 19.8 Å². The van der Waals surface area contributed by atoms with Gasteiger partial charge in [0, 0.05) is 9.79 Å². The Kier molecular flexibility index (Phi) is 7.72. The number of ether oxygens (including phenoxy) is 2. The van der Waals surface area contributed by atoms with Crippen LogP contribution in [0.3, 0.4) is 0 Å². The van der Waals surface area contributed by atoms with E-state index in [1.54, 1.807) is 37.7 Å². The Bertz CT molecular complexity index is 604. The highest BCUT2D eigenvalue weighted by atomic mass is 32.2. The van der Waals surface area contributed by atoms with Gasteiger partial charge in [0.25, 0.3) is 0 Å². The molecule has 0 aromatic heterocycles. The first-order valence-electron chi connectivity index (χ1n) is 8.27. The van der Waals surface area contributed by atoms with Gasteiger partial charge in [0.2, 0.25) is 0 Å². The van der Waals surface area contributed by atoms with Crippen molar-refractivity contribution in [2.45, 2.75) is 40.1 Å². The molecule has 2 aromatic rings. The van der Waals surface area contributed by atoms with Crippen LogP contribution in [0.5, 0.6) is 11.5 Å². The average molecular weight is 377 g/mol. The van der Waals surface area contributed by atoms with E-state index >= 15 is 0 Å². The molecule has 0 bridgehead atoms. The molecule has 134 valence electrons. The van der Waals surface area contributed by atoms with Crippen LogP contribution in [0.25, 0.3) is 0 Å². The van der Waals surface area contributed by atoms with Crippen LogP contribution in [-0.4, -0.2) is 24.6 Å². The molecule has 0 radical (unpaired) electrons. The molecule has 5 heteroatoms. The molecule has 0 spiro atoms. The maximum absolute atomic E-state index is 12.1. The predicted octanol–water partition coefficient (Wildman–Crippen LogP) is 5.67. The molecule has 0 aliphatic rings. The summed E-state index contributed by atoms with van der Waals surface area (Å²) in [5, 5.41) is 0. The van der Waals surface area contributed by atoms with E-state index in [-0.39, 0.29) is 0 Å². The highest BCUT2D eigenvalue weighted by Gasteiger charge is 2.32. The van der Waals surface area contributed by atoms with Gasteiger partial charge >= 0.3 is 0 Å². The first kappa shape index (κ1) is 19.7. The molecule has 0 fully saturated rings. The van der Waals surface area contributed by atoms with E-state index in [0.29, 0.717) is 0 Å². The maximum atomic E-state index is 12.1. The Morgan fingerprint density at radius 1 is 0.880 bits per heavy atom. The summed E-state index contributed by atoms with van der Waals surface area (Å²) in [4.78, 5) is 14.2. The second-order valence-electron chi connectivity index (χ2n) is 5.59. The van der Waals surface area contributed by atoms with Gasteiger partial charge in [-0.15, -0.1) is 23.5 Å². The summed E-state index contributed by atoms with van der Waals surface area (Å²) >= 11 is 3.22. The van der Waals surface area contributed by atoms with E-state index < -0.39 is 4.08 Å². The molecule has 0 amide bonds. The molecule has 25 heavy (non-hydrogen) atoms. The Morgan fingerprint density at radius 3 is 1.64 bits per heavy atom. The van der Waals surface area contributed by atoms with E-state index in [1.165, 1.54) is 0 Å². The number of aldehydes is 1. The lowest BCUT2D eigenvalue weighted by Crippen LogP contribution is -2.22. The van der Waals surface area contributed by atoms with E-state index in [4.69, 9.17) is 9.47 Å². The monoisotopic (exact) mass is 376 g/mol. The molecule has 0 atom stereocenters. The van der Waals surface area contributed by atoms with E-state index in [2.05, 4.69) is 6.92 Å². The van der Waals surface area contributed by atoms with Crippen LogP contribution in [0.4, 0.5) is 0 Å². The van der Waals surface area contributed by atoms with Crippen molar-refractivity contribution in [2.24, 2.45) is 0 Å². The van der Waals surface area contributed by atoms with Gasteiger partial charge in [0.1, 0.15) is 21.9 Å². The highest BCUT2D eigenvalue weighted by molar-refractivity contribution is 8.19. The molecule has 3 nitrogen and oxygen atoms in total. The summed E-state index contributed by atoms with van der Waals surface area (Å²) in [7, 11) is 3.30. The fourth-order valence-electron chi connectivity index (χ4n) is 2.34. The lowest BCUT2D eigenvalue weighted by molar-refractivity contribution is -0.108. The Labute approximate surface area is 158 Å². The van der Waals surface area contributed by atoms with Gasteiger partial charge in [-0.3, -0.25) is 0 Å². The van der Waals surface area contributed by atoms with Crippen LogP contribution in [0.1, 0.15) is 26.2 Å². The molecule has 2 aromatic carbocycles. The fourth-order valence-corrected chi connectivity index (χ4v) is 5.01. The van der Waals surface area contributed by atoms with Crippen molar-refractivity contribution in [3.05, 3.63) is 48.5 Å². The van der Waals surface area contributed by atoms with Crippen LogP contribution in [-0.2, 0) is 4.79 Å². The predicted molar refractivity (Wildman–Crippen MR) is 106 cm³/mol. The summed E-state index contributed by atoms with van der Waals surface area (Å²) in [5.41, 5.74) is 0. The molecule has 0 aliphatic carbocycles. The topological polar surface area (TPSA) is 35.5 Å². The smallest absolute Gasteiger partial charge is 0.146 e. The zero-order chi connectivity index (χ0) is 18.1. The van der Waals surface area contributed by atoms with Gasteiger partial charge in [0.15, 0.2) is 0 Å². The Morgan fingerprint density at radius 2 is 1.32 bits per heavy atom. The van der Waals surface area contributed by atoms with Gasteiger partial charge in [0.05, 0.1) is 14.2 Å². The molecule has 0 saturated heterocycles. The quantitative estimate of drug-likeness (QED) is 0.303. The van der Waals surface area contributed by atoms with E-state index in [9.17, 15) is 4.79 Å². The Hall–Kier alpha value is -1.59.